The smallest absolute Gasteiger partial charge is 0.270 e. The molecule has 1 aliphatic rings. The van der Waals surface area contributed by atoms with Crippen molar-refractivity contribution in [3.8, 4) is 11.5 Å². The number of hydrogen-bond donors (Lipinski definition) is 2. The van der Waals surface area contributed by atoms with Gasteiger partial charge in [0.25, 0.3) is 11.6 Å². The van der Waals surface area contributed by atoms with Crippen LogP contribution in [0.2, 0.25) is 0 Å². The Morgan fingerprint density at radius 3 is 2.55 bits per heavy atom. The number of amides is 1. The first kappa shape index (κ1) is 20.6. The largest absolute Gasteiger partial charge is 0.493 e. The van der Waals surface area contributed by atoms with Crippen LogP contribution in [0.5, 0.6) is 11.5 Å². The van der Waals surface area contributed by atoms with Crippen LogP contribution in [0.25, 0.3) is 0 Å². The number of fused-ring (bicyclic) bond motifs is 1. The van der Waals surface area contributed by atoms with Crippen molar-refractivity contribution in [1.82, 2.24) is 0 Å². The van der Waals surface area contributed by atoms with Crippen LogP contribution in [0.3, 0.4) is 0 Å². The second-order valence-electron chi connectivity index (χ2n) is 7.27. The van der Waals surface area contributed by atoms with Crippen LogP contribution in [0.15, 0.2) is 66.7 Å². The van der Waals surface area contributed by atoms with Gasteiger partial charge in [-0.3, -0.25) is 4.79 Å². The first-order valence-electron chi connectivity index (χ1n) is 9.95. The molecular formula is C24H23N2O5+. The zero-order valence-corrected chi connectivity index (χ0v) is 17.1. The minimum atomic E-state index is -0.399. The topological polar surface area (TPSA) is 90.0 Å². The van der Waals surface area contributed by atoms with Crippen molar-refractivity contribution >= 4 is 17.3 Å². The SMILES string of the molecule is COc1cc(C(=O)N2c3ccccc3C[C@H]2CO)c([NH+]=O)cc1OCc1ccccc1. The molecule has 0 spiro atoms. The zero-order chi connectivity index (χ0) is 21.8. The van der Waals surface area contributed by atoms with Gasteiger partial charge in [0, 0.05) is 21.8 Å². The lowest BCUT2D eigenvalue weighted by atomic mass is 10.1. The molecule has 0 radical (unpaired) electrons. The maximum absolute atomic E-state index is 13.5. The highest BCUT2D eigenvalue weighted by Crippen LogP contribution is 2.37. The van der Waals surface area contributed by atoms with Crippen LogP contribution in [0.1, 0.15) is 21.5 Å². The maximum Gasteiger partial charge on any atom is 0.270 e. The fourth-order valence-corrected chi connectivity index (χ4v) is 3.84. The van der Waals surface area contributed by atoms with Crippen molar-refractivity contribution in [2.45, 2.75) is 19.1 Å². The molecule has 1 heterocycles. The summed E-state index contributed by atoms with van der Waals surface area (Å²) in [6.07, 6.45) is 0.550. The molecule has 3 aromatic carbocycles. The van der Waals surface area contributed by atoms with E-state index in [0.717, 1.165) is 16.8 Å². The van der Waals surface area contributed by atoms with Gasteiger partial charge in [-0.15, -0.1) is 0 Å². The Labute approximate surface area is 179 Å². The van der Waals surface area contributed by atoms with Crippen molar-refractivity contribution in [2.75, 3.05) is 18.6 Å². The van der Waals surface area contributed by atoms with Gasteiger partial charge in [0.05, 0.1) is 25.8 Å². The molecule has 0 bridgehead atoms. The molecule has 0 saturated carbocycles. The fraction of sp³-hybridized carbons (Fsp3) is 0.208. The molecule has 7 heteroatoms. The van der Waals surface area contributed by atoms with Gasteiger partial charge < -0.3 is 19.5 Å². The maximum atomic E-state index is 13.5. The number of rotatable bonds is 7. The highest BCUT2D eigenvalue weighted by atomic mass is 16.5. The number of nitroso groups, excluding NO2 is 1. The number of methoxy groups -OCH3 is 1. The average Bonchev–Trinajstić information content (AvgIpc) is 3.21. The van der Waals surface area contributed by atoms with Crippen molar-refractivity contribution in [3.63, 3.8) is 0 Å². The molecule has 158 valence electrons. The number of para-hydroxylation sites is 1. The van der Waals surface area contributed by atoms with E-state index in [1.807, 2.05) is 59.8 Å². The first-order chi connectivity index (χ1) is 15.2. The number of aliphatic hydroxyl groups excluding tert-OH is 1. The highest BCUT2D eigenvalue weighted by molar-refractivity contribution is 6.10. The Morgan fingerprint density at radius 2 is 1.84 bits per heavy atom. The Bertz CT molecular complexity index is 1100. The van der Waals surface area contributed by atoms with E-state index in [-0.39, 0.29) is 24.5 Å². The van der Waals surface area contributed by atoms with Gasteiger partial charge in [0.1, 0.15) is 12.2 Å². The van der Waals surface area contributed by atoms with Crippen LogP contribution in [0, 0.1) is 4.91 Å². The van der Waals surface area contributed by atoms with E-state index in [9.17, 15) is 14.8 Å². The molecule has 0 aliphatic carbocycles. The van der Waals surface area contributed by atoms with E-state index >= 15 is 0 Å². The van der Waals surface area contributed by atoms with Crippen molar-refractivity contribution in [1.29, 1.82) is 0 Å². The van der Waals surface area contributed by atoms with Crippen molar-refractivity contribution in [2.24, 2.45) is 0 Å². The molecule has 7 nitrogen and oxygen atoms in total. The molecule has 3 aromatic rings. The first-order valence-corrected chi connectivity index (χ1v) is 9.95. The third kappa shape index (κ3) is 4.00. The normalized spacial score (nSPS) is 14.8. The number of carbonyl (C=O) groups excluding carboxylic acids is 1. The summed E-state index contributed by atoms with van der Waals surface area (Å²) < 4.78 is 11.3. The van der Waals surface area contributed by atoms with Gasteiger partial charge in [-0.25, -0.2) is 0 Å². The van der Waals surface area contributed by atoms with Gasteiger partial charge in [0.2, 0.25) is 0 Å². The minimum absolute atomic E-state index is 0.0786. The van der Waals surface area contributed by atoms with Crippen molar-refractivity contribution < 1.29 is 24.6 Å². The van der Waals surface area contributed by atoms with Crippen LogP contribution in [-0.2, 0) is 13.0 Å². The number of nitrogens with one attached hydrogen (secondary N) is 1. The number of ether oxygens (including phenoxy) is 2. The van der Waals surface area contributed by atoms with Gasteiger partial charge in [-0.1, -0.05) is 48.5 Å². The van der Waals surface area contributed by atoms with Gasteiger partial charge in [0.15, 0.2) is 11.5 Å². The van der Waals surface area contributed by atoms with E-state index in [2.05, 4.69) is 0 Å². The van der Waals surface area contributed by atoms with E-state index in [4.69, 9.17) is 9.47 Å². The molecule has 31 heavy (non-hydrogen) atoms. The molecule has 0 saturated heterocycles. The van der Waals surface area contributed by atoms with E-state index in [1.165, 1.54) is 24.1 Å². The van der Waals surface area contributed by atoms with Crippen LogP contribution in [0.4, 0.5) is 11.4 Å². The van der Waals surface area contributed by atoms with E-state index < -0.39 is 11.9 Å². The number of benzene rings is 3. The minimum Gasteiger partial charge on any atom is -0.493 e. The molecule has 0 fully saturated rings. The van der Waals surface area contributed by atoms with E-state index in [1.54, 1.807) is 0 Å². The number of anilines is 1. The summed E-state index contributed by atoms with van der Waals surface area (Å²) >= 11 is 0. The molecule has 2 N–H and O–H groups in total. The third-order valence-electron chi connectivity index (χ3n) is 5.38. The Morgan fingerprint density at radius 1 is 1.10 bits per heavy atom. The summed E-state index contributed by atoms with van der Waals surface area (Å²) in [5.41, 5.74) is 2.89. The lowest BCUT2D eigenvalue weighted by molar-refractivity contribution is -0.379. The summed E-state index contributed by atoms with van der Waals surface area (Å²) in [5, 5.41) is 11.7. The van der Waals surface area contributed by atoms with Gasteiger partial charge >= 0.3 is 0 Å². The lowest BCUT2D eigenvalue weighted by Crippen LogP contribution is -2.57. The fourth-order valence-electron chi connectivity index (χ4n) is 3.84. The molecule has 0 unspecified atom stereocenters. The molecule has 1 aliphatic heterocycles. The molecule has 1 atom stereocenters. The summed E-state index contributed by atoms with van der Waals surface area (Å²) in [6, 6.07) is 19.7. The van der Waals surface area contributed by atoms with Crippen LogP contribution < -0.4 is 19.6 Å². The van der Waals surface area contributed by atoms with Gasteiger partial charge in [-0.2, -0.15) is 0 Å². The van der Waals surface area contributed by atoms with Crippen LogP contribution in [-0.4, -0.2) is 30.8 Å². The molecule has 4 rings (SSSR count). The summed E-state index contributed by atoms with van der Waals surface area (Å²) in [6.45, 7) is 0.102. The Hall–Kier alpha value is -3.71. The van der Waals surface area contributed by atoms with Gasteiger partial charge in [-0.05, 0) is 23.6 Å². The summed E-state index contributed by atoms with van der Waals surface area (Å²) in [5.74, 6) is 0.295. The Kier molecular flexibility index (Phi) is 5.95. The lowest BCUT2D eigenvalue weighted by Gasteiger charge is -2.24. The molecular weight excluding hydrogens is 396 g/mol. The average molecular weight is 419 g/mol. The quantitative estimate of drug-likeness (QED) is 0.614. The Balaban J connectivity index is 1.68. The second kappa shape index (κ2) is 8.97. The number of carbonyl (C=O) groups is 1. The van der Waals surface area contributed by atoms with Crippen molar-refractivity contribution in [3.05, 3.63) is 88.3 Å². The zero-order valence-electron chi connectivity index (χ0n) is 17.1. The predicted molar refractivity (Wildman–Crippen MR) is 116 cm³/mol. The molecule has 0 aromatic heterocycles. The molecule has 1 amide bonds. The second-order valence-corrected chi connectivity index (χ2v) is 7.27. The van der Waals surface area contributed by atoms with E-state index in [0.29, 0.717) is 17.9 Å². The standard InChI is InChI=1S/C24H22N2O5/c1-30-22-12-19(20(25-29)13-23(22)31-15-16-7-3-2-4-8-16)24(28)26-18(14-27)11-17-9-5-6-10-21(17)26/h2-10,12-13,18,27H,11,14-15H2,1H3/p+1/t18-/m0/s1. The summed E-state index contributed by atoms with van der Waals surface area (Å²) in [7, 11) is 1.48. The van der Waals surface area contributed by atoms with Crippen LogP contribution >= 0.6 is 0 Å². The number of nitrogens with zero attached hydrogens (tertiary/aromatic N) is 1. The monoisotopic (exact) mass is 419 g/mol. The highest BCUT2D eigenvalue weighted by Gasteiger charge is 2.36. The number of aliphatic hydroxyl groups is 1. The summed E-state index contributed by atoms with van der Waals surface area (Å²) in [4.78, 5) is 26.7. The third-order valence-corrected chi connectivity index (χ3v) is 5.38. The predicted octanol–water partition coefficient (Wildman–Crippen LogP) is 2.32. The number of hydrogen-bond acceptors (Lipinski definition) is 5.